The van der Waals surface area contributed by atoms with E-state index in [-0.39, 0.29) is 0 Å². The number of benzene rings is 1. The van der Waals surface area contributed by atoms with Gasteiger partial charge in [-0.2, -0.15) is 0 Å². The molecule has 2 rings (SSSR count). The zero-order valence-corrected chi connectivity index (χ0v) is 11.4. The Bertz CT molecular complexity index is 500. The highest BCUT2D eigenvalue weighted by atomic mass is 35.5. The van der Waals surface area contributed by atoms with Gasteiger partial charge in [0.15, 0.2) is 0 Å². The van der Waals surface area contributed by atoms with Gasteiger partial charge in [-0.25, -0.2) is 4.98 Å². The van der Waals surface area contributed by atoms with Crippen molar-refractivity contribution in [1.82, 2.24) is 4.98 Å². The van der Waals surface area contributed by atoms with Gasteiger partial charge in [-0.15, -0.1) is 0 Å². The minimum absolute atomic E-state index is 0.551. The molecule has 1 aromatic carbocycles. The Labute approximate surface area is 117 Å². The molecule has 0 atom stereocenters. The third-order valence-corrected chi connectivity index (χ3v) is 3.08. The molecule has 0 aliphatic carbocycles. The highest BCUT2D eigenvalue weighted by Crippen LogP contribution is 2.22. The van der Waals surface area contributed by atoms with Gasteiger partial charge in [0, 0.05) is 12.7 Å². The summed E-state index contributed by atoms with van der Waals surface area (Å²) in [5.41, 5.74) is 1.34. The van der Waals surface area contributed by atoms with Crippen LogP contribution in [0.15, 0.2) is 42.6 Å². The standard InChI is InChI=1S/C14H14Cl2N2/c15-12-9-13(16)14(18-10-12)17-8-4-7-11-5-2-1-3-6-11/h1-3,5-6,9-10H,4,7-8H2,(H,17,18). The summed E-state index contributed by atoms with van der Waals surface area (Å²) in [6, 6.07) is 12.1. The van der Waals surface area contributed by atoms with Gasteiger partial charge >= 0.3 is 0 Å². The van der Waals surface area contributed by atoms with Gasteiger partial charge in [0.2, 0.25) is 0 Å². The molecule has 0 amide bonds. The Kier molecular flexibility index (Phi) is 4.85. The molecule has 0 aliphatic rings. The van der Waals surface area contributed by atoms with E-state index in [2.05, 4.69) is 34.6 Å². The fraction of sp³-hybridized carbons (Fsp3) is 0.214. The minimum atomic E-state index is 0.551. The lowest BCUT2D eigenvalue weighted by Crippen LogP contribution is -2.05. The number of aromatic nitrogens is 1. The van der Waals surface area contributed by atoms with Crippen LogP contribution in [0.1, 0.15) is 12.0 Å². The predicted octanol–water partition coefficient (Wildman–Crippen LogP) is 4.43. The second-order valence-corrected chi connectivity index (χ2v) is 4.84. The smallest absolute Gasteiger partial charge is 0.144 e. The van der Waals surface area contributed by atoms with Crippen LogP contribution in [-0.4, -0.2) is 11.5 Å². The molecular formula is C14H14Cl2N2. The van der Waals surface area contributed by atoms with E-state index in [0.29, 0.717) is 15.9 Å². The van der Waals surface area contributed by atoms with Crippen molar-refractivity contribution in [3.8, 4) is 0 Å². The zero-order chi connectivity index (χ0) is 12.8. The number of rotatable bonds is 5. The number of hydrogen-bond donors (Lipinski definition) is 1. The molecule has 0 bridgehead atoms. The van der Waals surface area contributed by atoms with Gasteiger partial charge < -0.3 is 5.32 Å². The normalized spacial score (nSPS) is 10.3. The molecule has 1 heterocycles. The van der Waals surface area contributed by atoms with Crippen molar-refractivity contribution < 1.29 is 0 Å². The molecule has 0 unspecified atom stereocenters. The molecule has 0 saturated heterocycles. The Hall–Kier alpha value is -1.25. The monoisotopic (exact) mass is 280 g/mol. The van der Waals surface area contributed by atoms with E-state index in [9.17, 15) is 0 Å². The van der Waals surface area contributed by atoms with Crippen molar-refractivity contribution in [3.05, 3.63) is 58.2 Å². The predicted molar refractivity (Wildman–Crippen MR) is 77.5 cm³/mol. The molecule has 2 nitrogen and oxygen atoms in total. The van der Waals surface area contributed by atoms with Crippen molar-refractivity contribution >= 4 is 29.0 Å². The third-order valence-electron chi connectivity index (χ3n) is 2.59. The van der Waals surface area contributed by atoms with E-state index in [4.69, 9.17) is 23.2 Å². The van der Waals surface area contributed by atoms with E-state index >= 15 is 0 Å². The van der Waals surface area contributed by atoms with Gasteiger partial charge in [0.25, 0.3) is 0 Å². The molecule has 2 aromatic rings. The van der Waals surface area contributed by atoms with Crippen LogP contribution in [0.3, 0.4) is 0 Å². The average Bonchev–Trinajstić information content (AvgIpc) is 2.38. The maximum Gasteiger partial charge on any atom is 0.144 e. The van der Waals surface area contributed by atoms with E-state index in [1.54, 1.807) is 12.3 Å². The lowest BCUT2D eigenvalue weighted by molar-refractivity contribution is 0.859. The van der Waals surface area contributed by atoms with Crippen LogP contribution in [0.25, 0.3) is 0 Å². The Balaban J connectivity index is 1.79. The minimum Gasteiger partial charge on any atom is -0.369 e. The average molecular weight is 281 g/mol. The number of pyridine rings is 1. The fourth-order valence-electron chi connectivity index (χ4n) is 1.69. The number of nitrogens with one attached hydrogen (secondary N) is 1. The third kappa shape index (κ3) is 3.90. The summed E-state index contributed by atoms with van der Waals surface area (Å²) in [6.45, 7) is 0.837. The topological polar surface area (TPSA) is 24.9 Å². The van der Waals surface area contributed by atoms with Crippen LogP contribution in [0, 0.1) is 0 Å². The van der Waals surface area contributed by atoms with Gasteiger partial charge in [-0.1, -0.05) is 53.5 Å². The highest BCUT2D eigenvalue weighted by molar-refractivity contribution is 6.35. The quantitative estimate of drug-likeness (QED) is 0.820. The van der Waals surface area contributed by atoms with E-state index in [0.717, 1.165) is 19.4 Å². The van der Waals surface area contributed by atoms with E-state index in [1.807, 2.05) is 6.07 Å². The molecule has 0 saturated carbocycles. The van der Waals surface area contributed by atoms with Crippen LogP contribution in [0.2, 0.25) is 10.0 Å². The summed E-state index contributed by atoms with van der Waals surface area (Å²) in [4.78, 5) is 4.15. The van der Waals surface area contributed by atoms with Crippen molar-refractivity contribution in [2.45, 2.75) is 12.8 Å². The zero-order valence-electron chi connectivity index (χ0n) is 9.87. The molecular weight excluding hydrogens is 267 g/mol. The molecule has 0 spiro atoms. The van der Waals surface area contributed by atoms with Crippen molar-refractivity contribution in [1.29, 1.82) is 0 Å². The first-order valence-corrected chi connectivity index (χ1v) is 6.60. The van der Waals surface area contributed by atoms with Crippen molar-refractivity contribution in [3.63, 3.8) is 0 Å². The number of hydrogen-bond acceptors (Lipinski definition) is 2. The molecule has 0 fully saturated rings. The van der Waals surface area contributed by atoms with Gasteiger partial charge in [-0.05, 0) is 24.5 Å². The second kappa shape index (κ2) is 6.62. The molecule has 94 valence electrons. The van der Waals surface area contributed by atoms with E-state index < -0.39 is 0 Å². The maximum absolute atomic E-state index is 6.02. The van der Waals surface area contributed by atoms with Crippen LogP contribution in [0.5, 0.6) is 0 Å². The molecule has 0 radical (unpaired) electrons. The summed E-state index contributed by atoms with van der Waals surface area (Å²) < 4.78 is 0. The first kappa shape index (κ1) is 13.2. The van der Waals surface area contributed by atoms with Crippen LogP contribution in [0.4, 0.5) is 5.82 Å². The van der Waals surface area contributed by atoms with E-state index in [1.165, 1.54) is 5.56 Å². The Morgan fingerprint density at radius 2 is 1.89 bits per heavy atom. The van der Waals surface area contributed by atoms with Crippen molar-refractivity contribution in [2.24, 2.45) is 0 Å². The highest BCUT2D eigenvalue weighted by Gasteiger charge is 2.01. The van der Waals surface area contributed by atoms with Gasteiger partial charge in [0.1, 0.15) is 5.82 Å². The summed E-state index contributed by atoms with van der Waals surface area (Å²) in [7, 11) is 0. The van der Waals surface area contributed by atoms with Crippen molar-refractivity contribution in [2.75, 3.05) is 11.9 Å². The molecule has 1 N–H and O–H groups in total. The summed E-state index contributed by atoms with van der Waals surface area (Å²) in [5.74, 6) is 0.689. The summed E-state index contributed by atoms with van der Waals surface area (Å²) in [5, 5.41) is 4.32. The second-order valence-electron chi connectivity index (χ2n) is 4.00. The Morgan fingerprint density at radius 1 is 1.11 bits per heavy atom. The first-order valence-electron chi connectivity index (χ1n) is 5.84. The van der Waals surface area contributed by atoms with Crippen LogP contribution in [-0.2, 0) is 6.42 Å². The van der Waals surface area contributed by atoms with Gasteiger partial charge in [-0.3, -0.25) is 0 Å². The number of halogens is 2. The molecule has 18 heavy (non-hydrogen) atoms. The lowest BCUT2D eigenvalue weighted by Gasteiger charge is -2.07. The Morgan fingerprint density at radius 3 is 2.61 bits per heavy atom. The van der Waals surface area contributed by atoms with Gasteiger partial charge in [0.05, 0.1) is 10.0 Å². The number of anilines is 1. The summed E-state index contributed by atoms with van der Waals surface area (Å²) >= 11 is 11.8. The number of aryl methyl sites for hydroxylation is 1. The first-order chi connectivity index (χ1) is 8.75. The number of nitrogens with zero attached hydrogens (tertiary/aromatic N) is 1. The molecule has 1 aromatic heterocycles. The lowest BCUT2D eigenvalue weighted by atomic mass is 10.1. The summed E-state index contributed by atoms with van der Waals surface area (Å²) in [6.07, 6.45) is 3.66. The fourth-order valence-corrected chi connectivity index (χ4v) is 2.14. The van der Waals surface area contributed by atoms with Crippen LogP contribution >= 0.6 is 23.2 Å². The van der Waals surface area contributed by atoms with Crippen LogP contribution < -0.4 is 5.32 Å². The maximum atomic E-state index is 6.02. The largest absolute Gasteiger partial charge is 0.369 e. The molecule has 0 aliphatic heterocycles. The molecule has 4 heteroatoms. The SMILES string of the molecule is Clc1cnc(NCCCc2ccccc2)c(Cl)c1.